The minimum absolute atomic E-state index is 0.0598. The Morgan fingerprint density at radius 2 is 1.86 bits per heavy atom. The molecule has 5 rings (SSSR count). The molecular formula is C37H48ClN7O4. The van der Waals surface area contributed by atoms with Gasteiger partial charge >= 0.3 is 0 Å². The smallest absolute Gasteiger partial charge is 0.270 e. The van der Waals surface area contributed by atoms with Crippen molar-refractivity contribution in [2.24, 2.45) is 18.4 Å². The summed E-state index contributed by atoms with van der Waals surface area (Å²) in [6.07, 6.45) is 4.33. The number of imidazole rings is 1. The highest BCUT2D eigenvalue weighted by atomic mass is 35.5. The number of nitrogens with one attached hydrogen (secondary N) is 4. The minimum atomic E-state index is -1.12. The van der Waals surface area contributed by atoms with Gasteiger partial charge in [0.25, 0.3) is 5.91 Å². The summed E-state index contributed by atoms with van der Waals surface area (Å²) in [4.78, 5) is 49.4. The lowest BCUT2D eigenvalue weighted by atomic mass is 9.65. The van der Waals surface area contributed by atoms with Crippen molar-refractivity contribution >= 4 is 40.4 Å². The zero-order valence-electron chi connectivity index (χ0n) is 29.4. The van der Waals surface area contributed by atoms with Gasteiger partial charge < -0.3 is 25.7 Å². The number of aromatic amines is 1. The number of hydrogen-bond donors (Lipinski definition) is 4. The maximum absolute atomic E-state index is 14.2. The summed E-state index contributed by atoms with van der Waals surface area (Å²) in [6, 6.07) is 13.7. The van der Waals surface area contributed by atoms with Gasteiger partial charge in [0.1, 0.15) is 17.6 Å². The van der Waals surface area contributed by atoms with Gasteiger partial charge in [-0.2, -0.15) is 5.10 Å². The topological polar surface area (TPSA) is 143 Å². The molecule has 3 amide bonds. The Kier molecular flexibility index (Phi) is 10.8. The molecule has 1 aliphatic rings. The molecule has 1 aliphatic carbocycles. The summed E-state index contributed by atoms with van der Waals surface area (Å²) >= 11 is 6.75. The van der Waals surface area contributed by atoms with Gasteiger partial charge in [-0.25, -0.2) is 4.98 Å². The molecule has 49 heavy (non-hydrogen) atoms. The van der Waals surface area contributed by atoms with Crippen LogP contribution in [0.5, 0.6) is 0 Å². The molecule has 12 heteroatoms. The third-order valence-corrected chi connectivity index (χ3v) is 10.5. The predicted molar refractivity (Wildman–Crippen MR) is 190 cm³/mol. The van der Waals surface area contributed by atoms with Crippen LogP contribution in [-0.2, 0) is 26.8 Å². The van der Waals surface area contributed by atoms with Gasteiger partial charge in [0.2, 0.25) is 11.8 Å². The van der Waals surface area contributed by atoms with Crippen LogP contribution in [0.1, 0.15) is 93.3 Å². The summed E-state index contributed by atoms with van der Waals surface area (Å²) in [7, 11) is 3.28. The van der Waals surface area contributed by atoms with E-state index in [1.54, 1.807) is 26.4 Å². The third kappa shape index (κ3) is 7.23. The third-order valence-electron chi connectivity index (χ3n) is 10.1. The number of hydrogen-bond acceptors (Lipinski definition) is 6. The average molecular weight is 690 g/mol. The maximum Gasteiger partial charge on any atom is 0.270 e. The van der Waals surface area contributed by atoms with Crippen LogP contribution in [-0.4, -0.2) is 63.8 Å². The molecule has 0 bridgehead atoms. The van der Waals surface area contributed by atoms with Crippen LogP contribution in [0.2, 0.25) is 5.02 Å². The lowest BCUT2D eigenvalue weighted by Crippen LogP contribution is -2.61. The van der Waals surface area contributed by atoms with Gasteiger partial charge in [-0.3, -0.25) is 19.1 Å². The number of nitrogens with zero attached hydrogens (tertiary/aromatic N) is 3. The number of carbonyl (C=O) groups is 3. The molecule has 4 atom stereocenters. The second-order valence-corrected chi connectivity index (χ2v) is 14.4. The Bertz CT molecular complexity index is 1810. The largest absolute Gasteiger partial charge is 0.383 e. The Labute approximate surface area is 292 Å². The second-order valence-electron chi connectivity index (χ2n) is 14.0. The summed E-state index contributed by atoms with van der Waals surface area (Å²) < 4.78 is 7.13. The van der Waals surface area contributed by atoms with Crippen LogP contribution in [0.25, 0.3) is 11.0 Å². The van der Waals surface area contributed by atoms with E-state index < -0.39 is 17.5 Å². The molecule has 0 saturated heterocycles. The van der Waals surface area contributed by atoms with E-state index in [-0.39, 0.29) is 41.6 Å². The molecule has 11 nitrogen and oxygen atoms in total. The molecule has 2 heterocycles. The fourth-order valence-corrected chi connectivity index (χ4v) is 7.31. The Balaban J connectivity index is 1.54. The summed E-state index contributed by atoms with van der Waals surface area (Å²) in [5.74, 6) is -0.399. The monoisotopic (exact) mass is 689 g/mol. The number of aryl methyl sites for hydroxylation is 1. The molecule has 2 aromatic carbocycles. The van der Waals surface area contributed by atoms with Gasteiger partial charge in [-0.05, 0) is 73.4 Å². The first kappa shape index (κ1) is 36.1. The quantitative estimate of drug-likeness (QED) is 0.136. The van der Waals surface area contributed by atoms with E-state index in [4.69, 9.17) is 21.3 Å². The Hall–Kier alpha value is -4.22. The Morgan fingerprint density at radius 1 is 1.12 bits per heavy atom. The van der Waals surface area contributed by atoms with Crippen molar-refractivity contribution in [2.75, 3.05) is 20.3 Å². The SMILES string of the molecule is CCNC(=O)[C@H](NC(=O)C(C)(COC)c1ccc2nc([C@@H](NC(=O)c3ccnn3C)[C@H](c3ccccc3Cl)C(C)C)[nH]c2c1)C1(C)CCC1. The van der Waals surface area contributed by atoms with Crippen molar-refractivity contribution in [3.63, 3.8) is 0 Å². The number of fused-ring (bicyclic) bond motifs is 1. The summed E-state index contributed by atoms with van der Waals surface area (Å²) in [5, 5.41) is 14.0. The maximum atomic E-state index is 14.2. The molecule has 0 radical (unpaired) electrons. The lowest BCUT2D eigenvalue weighted by Gasteiger charge is -2.45. The van der Waals surface area contributed by atoms with Crippen molar-refractivity contribution in [1.29, 1.82) is 0 Å². The molecule has 1 unspecified atom stereocenters. The van der Waals surface area contributed by atoms with E-state index in [9.17, 15) is 14.4 Å². The number of aromatic nitrogens is 4. The molecular weight excluding hydrogens is 642 g/mol. The first-order valence-electron chi connectivity index (χ1n) is 16.9. The van der Waals surface area contributed by atoms with Crippen LogP contribution in [0, 0.1) is 11.3 Å². The zero-order chi connectivity index (χ0) is 35.5. The van der Waals surface area contributed by atoms with E-state index in [0.29, 0.717) is 39.7 Å². The van der Waals surface area contributed by atoms with E-state index in [0.717, 1.165) is 24.8 Å². The van der Waals surface area contributed by atoms with Crippen LogP contribution >= 0.6 is 11.6 Å². The highest BCUT2D eigenvalue weighted by molar-refractivity contribution is 6.31. The summed E-state index contributed by atoms with van der Waals surface area (Å²) in [5.41, 5.74) is 1.93. The first-order chi connectivity index (χ1) is 23.3. The molecule has 2 aromatic heterocycles. The molecule has 1 fully saturated rings. The molecule has 1 saturated carbocycles. The second kappa shape index (κ2) is 14.7. The number of H-pyrrole nitrogens is 1. The van der Waals surface area contributed by atoms with Crippen LogP contribution in [0.15, 0.2) is 54.7 Å². The number of carbonyl (C=O) groups excluding carboxylic acids is 3. The van der Waals surface area contributed by atoms with Gasteiger partial charge in [-0.1, -0.05) is 63.1 Å². The highest BCUT2D eigenvalue weighted by Gasteiger charge is 2.47. The van der Waals surface area contributed by atoms with Gasteiger partial charge in [-0.15, -0.1) is 0 Å². The van der Waals surface area contributed by atoms with E-state index in [1.165, 1.54) is 4.68 Å². The zero-order valence-corrected chi connectivity index (χ0v) is 30.1. The van der Waals surface area contributed by atoms with Crippen molar-refractivity contribution in [3.8, 4) is 0 Å². The summed E-state index contributed by atoms with van der Waals surface area (Å²) in [6.45, 7) is 10.5. The lowest BCUT2D eigenvalue weighted by molar-refractivity contribution is -0.137. The predicted octanol–water partition coefficient (Wildman–Crippen LogP) is 5.58. The minimum Gasteiger partial charge on any atom is -0.383 e. The van der Waals surface area contributed by atoms with Crippen molar-refractivity contribution in [1.82, 2.24) is 35.7 Å². The molecule has 4 aromatic rings. The highest BCUT2D eigenvalue weighted by Crippen LogP contribution is 2.44. The fourth-order valence-electron chi connectivity index (χ4n) is 7.04. The standard InChI is InChI=1S/C37H48ClN7O4/c1-8-39-34(47)31(36(4)17-11-18-36)44-35(48)37(5,21-49-7)23-14-15-26-27(20-23)42-32(41-26)30(43-33(46)28-16-19-40-45(28)6)29(22(2)3)24-12-9-10-13-25(24)38/h9-10,12-16,19-20,22,29-31H,8,11,17-18,21H2,1-7H3,(H,39,47)(H,41,42)(H,43,46)(H,44,48)/t29-,30-,31-,37?/m0/s1. The number of benzene rings is 2. The average Bonchev–Trinajstić information content (AvgIpc) is 3.68. The van der Waals surface area contributed by atoms with E-state index >= 15 is 0 Å². The number of amides is 3. The Morgan fingerprint density at radius 3 is 2.45 bits per heavy atom. The first-order valence-corrected chi connectivity index (χ1v) is 17.3. The molecule has 0 spiro atoms. The number of ether oxygens (including phenoxy) is 1. The number of methoxy groups -OCH3 is 1. The number of likely N-dealkylation sites (N-methyl/N-ethyl adjacent to an activating group) is 1. The fraction of sp³-hybridized carbons (Fsp3) is 0.486. The molecule has 262 valence electrons. The van der Waals surface area contributed by atoms with Gasteiger partial charge in [0.15, 0.2) is 0 Å². The number of rotatable bonds is 14. The van der Waals surface area contributed by atoms with Gasteiger partial charge in [0, 0.05) is 37.8 Å². The molecule has 0 aliphatic heterocycles. The van der Waals surface area contributed by atoms with E-state index in [2.05, 4.69) is 46.8 Å². The van der Waals surface area contributed by atoms with Gasteiger partial charge in [0.05, 0.1) is 29.1 Å². The van der Waals surface area contributed by atoms with Crippen molar-refractivity contribution < 1.29 is 19.1 Å². The molecule has 4 N–H and O–H groups in total. The van der Waals surface area contributed by atoms with Crippen molar-refractivity contribution in [3.05, 3.63) is 82.4 Å². The van der Waals surface area contributed by atoms with Crippen LogP contribution < -0.4 is 16.0 Å². The van der Waals surface area contributed by atoms with Crippen LogP contribution in [0.3, 0.4) is 0 Å². The van der Waals surface area contributed by atoms with E-state index in [1.807, 2.05) is 56.3 Å². The van der Waals surface area contributed by atoms with Crippen molar-refractivity contribution in [2.45, 2.75) is 77.3 Å². The number of halogens is 1. The van der Waals surface area contributed by atoms with Crippen LogP contribution in [0.4, 0.5) is 0 Å². The normalized spacial score (nSPS) is 17.1.